The number of carbonyl (C=O) groups is 1. The molecule has 0 aromatic heterocycles. The first kappa shape index (κ1) is 14.8. The van der Waals surface area contributed by atoms with E-state index in [0.717, 1.165) is 19.3 Å². The van der Waals surface area contributed by atoms with Gasteiger partial charge in [-0.1, -0.05) is 6.92 Å². The van der Waals surface area contributed by atoms with Crippen LogP contribution in [-0.4, -0.2) is 53.9 Å². The standard InChI is InChI=1S/C14H26N2O3/c1-9-3-11(5-12(15)4-9)14(18)16-6-10(2)19-13(7-16)8-17/h9-13,17H,3-8,15H2,1-2H3. The molecule has 1 heterocycles. The molecule has 1 saturated carbocycles. The maximum atomic E-state index is 12.6. The number of nitrogens with two attached hydrogens (primary N) is 1. The van der Waals surface area contributed by atoms with Gasteiger partial charge in [0.1, 0.15) is 0 Å². The number of aliphatic hydroxyl groups excluding tert-OH is 1. The summed E-state index contributed by atoms with van der Waals surface area (Å²) in [7, 11) is 0. The number of hydrogen-bond donors (Lipinski definition) is 2. The topological polar surface area (TPSA) is 75.8 Å². The van der Waals surface area contributed by atoms with Crippen LogP contribution in [-0.2, 0) is 9.53 Å². The Morgan fingerprint density at radius 1 is 1.32 bits per heavy atom. The molecule has 1 saturated heterocycles. The molecule has 2 rings (SSSR count). The first-order valence-corrected chi connectivity index (χ1v) is 7.30. The van der Waals surface area contributed by atoms with Gasteiger partial charge in [0.15, 0.2) is 0 Å². The van der Waals surface area contributed by atoms with E-state index < -0.39 is 0 Å². The van der Waals surface area contributed by atoms with Gasteiger partial charge in [-0.2, -0.15) is 0 Å². The molecule has 0 aromatic rings. The quantitative estimate of drug-likeness (QED) is 0.759. The van der Waals surface area contributed by atoms with Crippen molar-refractivity contribution in [2.75, 3.05) is 19.7 Å². The molecule has 0 aromatic carbocycles. The summed E-state index contributed by atoms with van der Waals surface area (Å²) in [5.41, 5.74) is 6.03. The monoisotopic (exact) mass is 270 g/mol. The number of carbonyl (C=O) groups excluding carboxylic acids is 1. The lowest BCUT2D eigenvalue weighted by molar-refractivity contribution is -0.152. The van der Waals surface area contributed by atoms with Crippen LogP contribution in [0.1, 0.15) is 33.1 Å². The lowest BCUT2D eigenvalue weighted by Gasteiger charge is -2.40. The van der Waals surface area contributed by atoms with E-state index in [0.29, 0.717) is 19.0 Å². The normalized spacial score (nSPS) is 40.2. The summed E-state index contributed by atoms with van der Waals surface area (Å²) in [6.07, 6.45) is 2.48. The van der Waals surface area contributed by atoms with Gasteiger partial charge in [0.2, 0.25) is 5.91 Å². The Bertz CT molecular complexity index is 314. The smallest absolute Gasteiger partial charge is 0.225 e. The van der Waals surface area contributed by atoms with Gasteiger partial charge >= 0.3 is 0 Å². The second-order valence-electron chi connectivity index (χ2n) is 6.26. The highest BCUT2D eigenvalue weighted by Gasteiger charge is 2.35. The SMILES string of the molecule is CC1CC(N)CC(C(=O)N2CC(C)OC(CO)C2)C1. The zero-order chi connectivity index (χ0) is 14.0. The highest BCUT2D eigenvalue weighted by molar-refractivity contribution is 5.79. The zero-order valence-corrected chi connectivity index (χ0v) is 11.9. The molecule has 5 unspecified atom stereocenters. The Kier molecular flexibility index (Phi) is 4.81. The lowest BCUT2D eigenvalue weighted by atomic mass is 9.79. The highest BCUT2D eigenvalue weighted by Crippen LogP contribution is 2.30. The molecule has 5 atom stereocenters. The number of ether oxygens (including phenoxy) is 1. The molecule has 3 N–H and O–H groups in total. The first-order chi connectivity index (χ1) is 8.99. The maximum Gasteiger partial charge on any atom is 0.225 e. The summed E-state index contributed by atoms with van der Waals surface area (Å²) in [6, 6.07) is 0.143. The van der Waals surface area contributed by atoms with Crippen LogP contribution < -0.4 is 5.73 Å². The van der Waals surface area contributed by atoms with Gasteiger partial charge in [-0.25, -0.2) is 0 Å². The molecule has 1 amide bonds. The Labute approximate surface area is 115 Å². The third-order valence-electron chi connectivity index (χ3n) is 4.17. The van der Waals surface area contributed by atoms with Gasteiger partial charge in [0.25, 0.3) is 0 Å². The third-order valence-corrected chi connectivity index (χ3v) is 4.17. The fourth-order valence-corrected chi connectivity index (χ4v) is 3.44. The van der Waals surface area contributed by atoms with Crippen molar-refractivity contribution in [3.05, 3.63) is 0 Å². The molecule has 0 radical (unpaired) electrons. The van der Waals surface area contributed by atoms with E-state index in [2.05, 4.69) is 6.92 Å². The number of morpholine rings is 1. The van der Waals surface area contributed by atoms with Crippen LogP contribution in [0, 0.1) is 11.8 Å². The van der Waals surface area contributed by atoms with Gasteiger partial charge < -0.3 is 20.5 Å². The minimum atomic E-state index is -0.248. The second-order valence-corrected chi connectivity index (χ2v) is 6.26. The van der Waals surface area contributed by atoms with Gasteiger partial charge in [-0.15, -0.1) is 0 Å². The van der Waals surface area contributed by atoms with Crippen molar-refractivity contribution in [2.45, 2.75) is 51.4 Å². The molecule has 1 aliphatic heterocycles. The summed E-state index contributed by atoms with van der Waals surface area (Å²) in [6.45, 7) is 5.19. The van der Waals surface area contributed by atoms with E-state index >= 15 is 0 Å². The molecule has 0 bridgehead atoms. The van der Waals surface area contributed by atoms with Crippen molar-refractivity contribution in [1.82, 2.24) is 4.90 Å². The summed E-state index contributed by atoms with van der Waals surface area (Å²) in [5, 5.41) is 9.22. The van der Waals surface area contributed by atoms with Gasteiger partial charge in [0, 0.05) is 25.0 Å². The van der Waals surface area contributed by atoms with Crippen LogP contribution >= 0.6 is 0 Å². The van der Waals surface area contributed by atoms with Gasteiger partial charge in [-0.05, 0) is 32.1 Å². The van der Waals surface area contributed by atoms with Crippen molar-refractivity contribution in [3.8, 4) is 0 Å². The molecular weight excluding hydrogens is 244 g/mol. The van der Waals surface area contributed by atoms with Crippen LogP contribution in [0.25, 0.3) is 0 Å². The average molecular weight is 270 g/mol. The van der Waals surface area contributed by atoms with E-state index in [9.17, 15) is 9.90 Å². The average Bonchev–Trinajstić information content (AvgIpc) is 2.35. The number of aliphatic hydroxyl groups is 1. The maximum absolute atomic E-state index is 12.6. The summed E-state index contributed by atoms with van der Waals surface area (Å²) in [4.78, 5) is 14.4. The molecule has 1 aliphatic carbocycles. The number of rotatable bonds is 2. The van der Waals surface area contributed by atoms with Crippen LogP contribution in [0.2, 0.25) is 0 Å². The number of hydrogen-bond acceptors (Lipinski definition) is 4. The lowest BCUT2D eigenvalue weighted by Crippen LogP contribution is -2.53. The summed E-state index contributed by atoms with van der Waals surface area (Å²) in [5.74, 6) is 0.754. The van der Waals surface area contributed by atoms with E-state index in [1.54, 1.807) is 0 Å². The third kappa shape index (κ3) is 3.68. The Hall–Kier alpha value is -0.650. The van der Waals surface area contributed by atoms with Crippen molar-refractivity contribution in [1.29, 1.82) is 0 Å². The van der Waals surface area contributed by atoms with Crippen molar-refractivity contribution in [3.63, 3.8) is 0 Å². The van der Waals surface area contributed by atoms with Gasteiger partial charge in [0.05, 0.1) is 18.8 Å². The number of amides is 1. The fraction of sp³-hybridized carbons (Fsp3) is 0.929. The highest BCUT2D eigenvalue weighted by atomic mass is 16.5. The molecule has 110 valence electrons. The first-order valence-electron chi connectivity index (χ1n) is 7.30. The van der Waals surface area contributed by atoms with E-state index in [-0.39, 0.29) is 36.7 Å². The summed E-state index contributed by atoms with van der Waals surface area (Å²) >= 11 is 0. The fourth-order valence-electron chi connectivity index (χ4n) is 3.44. The Morgan fingerprint density at radius 2 is 2.05 bits per heavy atom. The minimum Gasteiger partial charge on any atom is -0.394 e. The molecule has 5 heteroatoms. The van der Waals surface area contributed by atoms with Crippen LogP contribution in [0.15, 0.2) is 0 Å². The molecule has 2 aliphatic rings. The molecule has 0 spiro atoms. The largest absolute Gasteiger partial charge is 0.394 e. The predicted octanol–water partition coefficient (Wildman–Crippen LogP) is 0.358. The van der Waals surface area contributed by atoms with Crippen LogP contribution in [0.3, 0.4) is 0 Å². The Morgan fingerprint density at radius 3 is 2.68 bits per heavy atom. The van der Waals surface area contributed by atoms with E-state index in [1.807, 2.05) is 11.8 Å². The Balaban J connectivity index is 1.98. The number of nitrogens with zero attached hydrogens (tertiary/aromatic N) is 1. The molecule has 5 nitrogen and oxygen atoms in total. The molecule has 2 fully saturated rings. The van der Waals surface area contributed by atoms with Gasteiger partial charge in [-0.3, -0.25) is 4.79 Å². The van der Waals surface area contributed by atoms with E-state index in [1.165, 1.54) is 0 Å². The minimum absolute atomic E-state index is 0.00969. The summed E-state index contributed by atoms with van der Waals surface area (Å²) < 4.78 is 5.58. The molecule has 19 heavy (non-hydrogen) atoms. The van der Waals surface area contributed by atoms with Crippen molar-refractivity contribution >= 4 is 5.91 Å². The van der Waals surface area contributed by atoms with E-state index in [4.69, 9.17) is 10.5 Å². The molecular formula is C14H26N2O3. The second kappa shape index (κ2) is 6.20. The predicted molar refractivity (Wildman–Crippen MR) is 72.5 cm³/mol. The zero-order valence-electron chi connectivity index (χ0n) is 11.9. The van der Waals surface area contributed by atoms with Crippen LogP contribution in [0.4, 0.5) is 0 Å². The van der Waals surface area contributed by atoms with Crippen molar-refractivity contribution in [2.24, 2.45) is 17.6 Å². The van der Waals surface area contributed by atoms with Crippen molar-refractivity contribution < 1.29 is 14.6 Å². The van der Waals surface area contributed by atoms with Crippen LogP contribution in [0.5, 0.6) is 0 Å².